The monoisotopic (exact) mass is 280 g/mol. The number of benzene rings is 1. The molecule has 5 nitrogen and oxygen atoms in total. The van der Waals surface area contributed by atoms with E-state index in [1.807, 2.05) is 18.2 Å². The van der Waals surface area contributed by atoms with Crippen molar-refractivity contribution in [1.29, 1.82) is 0 Å². The summed E-state index contributed by atoms with van der Waals surface area (Å²) in [7, 11) is 0. The number of nitrogens with one attached hydrogen (secondary N) is 1. The van der Waals surface area contributed by atoms with Crippen LogP contribution in [-0.2, 0) is 4.74 Å². The molecule has 112 valence electrons. The number of aliphatic hydroxyl groups is 1. The van der Waals surface area contributed by atoms with Crippen molar-refractivity contribution in [3.63, 3.8) is 0 Å². The molecule has 1 aliphatic heterocycles. The number of nitrogen functional groups attached to an aromatic ring is 1. The van der Waals surface area contributed by atoms with Crippen LogP contribution in [0.2, 0.25) is 0 Å². The van der Waals surface area contributed by atoms with Crippen LogP contribution in [0.4, 0.5) is 11.4 Å². The summed E-state index contributed by atoms with van der Waals surface area (Å²) >= 11 is 0. The van der Waals surface area contributed by atoms with Crippen LogP contribution in [0.1, 0.15) is 26.2 Å². The molecule has 2 rings (SSSR count). The van der Waals surface area contributed by atoms with Crippen molar-refractivity contribution < 1.29 is 14.6 Å². The fraction of sp³-hybridized carbons (Fsp3) is 0.600. The minimum atomic E-state index is -0.351. The lowest BCUT2D eigenvalue weighted by Crippen LogP contribution is -2.47. The number of aliphatic hydroxyl groups excluding tert-OH is 1. The van der Waals surface area contributed by atoms with E-state index in [4.69, 9.17) is 15.2 Å². The molecule has 4 N–H and O–H groups in total. The minimum Gasteiger partial charge on any atom is -0.491 e. The maximum atomic E-state index is 9.71. The van der Waals surface area contributed by atoms with Crippen molar-refractivity contribution >= 4 is 11.4 Å². The third-order valence-corrected chi connectivity index (χ3v) is 3.68. The predicted molar refractivity (Wildman–Crippen MR) is 80.1 cm³/mol. The van der Waals surface area contributed by atoms with Gasteiger partial charge in [0.1, 0.15) is 5.75 Å². The maximum Gasteiger partial charge on any atom is 0.144 e. The molecule has 0 amide bonds. The van der Waals surface area contributed by atoms with Gasteiger partial charge in [0, 0.05) is 13.2 Å². The van der Waals surface area contributed by atoms with Crippen LogP contribution in [0.3, 0.4) is 0 Å². The van der Waals surface area contributed by atoms with Gasteiger partial charge in [0.15, 0.2) is 0 Å². The molecule has 0 aliphatic carbocycles. The molecule has 0 aromatic heterocycles. The number of para-hydroxylation sites is 1. The molecule has 1 aliphatic rings. The molecule has 1 heterocycles. The SMILES string of the molecule is CCCOc1cccc(NC2(CO)CCOCC2)c1N. The van der Waals surface area contributed by atoms with Gasteiger partial charge in [-0.1, -0.05) is 13.0 Å². The van der Waals surface area contributed by atoms with Gasteiger partial charge in [-0.3, -0.25) is 0 Å². The van der Waals surface area contributed by atoms with Gasteiger partial charge in [-0.05, 0) is 31.4 Å². The Kier molecular flexibility index (Phi) is 5.09. The first-order chi connectivity index (χ1) is 9.71. The fourth-order valence-electron chi connectivity index (χ4n) is 2.36. The van der Waals surface area contributed by atoms with Gasteiger partial charge in [0.05, 0.1) is 30.1 Å². The van der Waals surface area contributed by atoms with E-state index >= 15 is 0 Å². The van der Waals surface area contributed by atoms with Crippen LogP contribution in [0.15, 0.2) is 18.2 Å². The molecule has 1 aromatic rings. The fourth-order valence-corrected chi connectivity index (χ4v) is 2.36. The molecule has 0 bridgehead atoms. The molecule has 5 heteroatoms. The lowest BCUT2D eigenvalue weighted by atomic mass is 9.90. The highest BCUT2D eigenvalue weighted by Crippen LogP contribution is 2.34. The summed E-state index contributed by atoms with van der Waals surface area (Å²) in [5.41, 5.74) is 7.21. The molecule has 20 heavy (non-hydrogen) atoms. The molecule has 1 fully saturated rings. The topological polar surface area (TPSA) is 76.7 Å². The Hall–Kier alpha value is -1.46. The van der Waals surface area contributed by atoms with Gasteiger partial charge in [-0.25, -0.2) is 0 Å². The summed E-state index contributed by atoms with van der Waals surface area (Å²) in [5.74, 6) is 0.692. The average Bonchev–Trinajstić information content (AvgIpc) is 2.49. The Bertz CT molecular complexity index is 431. The summed E-state index contributed by atoms with van der Waals surface area (Å²) in [5, 5.41) is 13.1. The molecule has 1 saturated heterocycles. The van der Waals surface area contributed by atoms with E-state index in [1.165, 1.54) is 0 Å². The molecular weight excluding hydrogens is 256 g/mol. The first-order valence-corrected chi connectivity index (χ1v) is 7.19. The van der Waals surface area contributed by atoms with Crippen LogP contribution < -0.4 is 15.8 Å². The average molecular weight is 280 g/mol. The number of hydrogen-bond donors (Lipinski definition) is 3. The van der Waals surface area contributed by atoms with E-state index in [0.29, 0.717) is 31.3 Å². The molecule has 0 unspecified atom stereocenters. The van der Waals surface area contributed by atoms with E-state index in [9.17, 15) is 5.11 Å². The molecule has 0 saturated carbocycles. The number of hydrogen-bond acceptors (Lipinski definition) is 5. The first-order valence-electron chi connectivity index (χ1n) is 7.19. The van der Waals surface area contributed by atoms with E-state index in [2.05, 4.69) is 12.2 Å². The van der Waals surface area contributed by atoms with E-state index in [0.717, 1.165) is 24.9 Å². The largest absolute Gasteiger partial charge is 0.491 e. The lowest BCUT2D eigenvalue weighted by Gasteiger charge is -2.37. The molecular formula is C15H24N2O3. The second kappa shape index (κ2) is 6.81. The normalized spacial score (nSPS) is 17.7. The number of nitrogens with two attached hydrogens (primary N) is 1. The summed E-state index contributed by atoms with van der Waals surface area (Å²) in [6, 6.07) is 5.70. The highest BCUT2D eigenvalue weighted by Gasteiger charge is 2.32. The van der Waals surface area contributed by atoms with Crippen molar-refractivity contribution in [2.75, 3.05) is 37.5 Å². The zero-order valence-corrected chi connectivity index (χ0v) is 12.0. The highest BCUT2D eigenvalue weighted by molar-refractivity contribution is 5.73. The molecule has 1 aromatic carbocycles. The summed E-state index contributed by atoms with van der Waals surface area (Å²) in [4.78, 5) is 0. The van der Waals surface area contributed by atoms with Gasteiger partial charge in [0.25, 0.3) is 0 Å². The number of anilines is 2. The van der Waals surface area contributed by atoms with E-state index in [1.54, 1.807) is 0 Å². The Morgan fingerprint density at radius 3 is 2.80 bits per heavy atom. The standard InChI is InChI=1S/C15H24N2O3/c1-2-8-20-13-5-3-4-12(14(13)16)17-15(11-18)6-9-19-10-7-15/h3-5,17-18H,2,6-11,16H2,1H3. The smallest absolute Gasteiger partial charge is 0.144 e. The quantitative estimate of drug-likeness (QED) is 0.695. The van der Waals surface area contributed by atoms with Gasteiger partial charge in [0.2, 0.25) is 0 Å². The van der Waals surface area contributed by atoms with Crippen LogP contribution in [-0.4, -0.2) is 37.1 Å². The van der Waals surface area contributed by atoms with Crippen LogP contribution >= 0.6 is 0 Å². The van der Waals surface area contributed by atoms with Crippen molar-refractivity contribution in [1.82, 2.24) is 0 Å². The lowest BCUT2D eigenvalue weighted by molar-refractivity contribution is 0.0380. The minimum absolute atomic E-state index is 0.0653. The molecule has 0 radical (unpaired) electrons. The van der Waals surface area contributed by atoms with Crippen LogP contribution in [0.25, 0.3) is 0 Å². The number of ether oxygens (including phenoxy) is 2. The first kappa shape index (κ1) is 14.9. The highest BCUT2D eigenvalue weighted by atomic mass is 16.5. The summed E-state index contributed by atoms with van der Waals surface area (Å²) < 4.78 is 11.0. The third kappa shape index (κ3) is 3.35. The van der Waals surface area contributed by atoms with Gasteiger partial charge in [-0.2, -0.15) is 0 Å². The summed E-state index contributed by atoms with van der Waals surface area (Å²) in [6.07, 6.45) is 2.47. The van der Waals surface area contributed by atoms with Crippen LogP contribution in [0, 0.1) is 0 Å². The Labute approximate surface area is 120 Å². The van der Waals surface area contributed by atoms with Crippen molar-refractivity contribution in [2.45, 2.75) is 31.7 Å². The Morgan fingerprint density at radius 2 is 2.15 bits per heavy atom. The Balaban J connectivity index is 2.15. The van der Waals surface area contributed by atoms with E-state index < -0.39 is 0 Å². The second-order valence-electron chi connectivity index (χ2n) is 5.24. The third-order valence-electron chi connectivity index (χ3n) is 3.68. The Morgan fingerprint density at radius 1 is 1.40 bits per heavy atom. The van der Waals surface area contributed by atoms with E-state index in [-0.39, 0.29) is 12.1 Å². The predicted octanol–water partition coefficient (Wildman–Crippen LogP) is 2.01. The zero-order valence-electron chi connectivity index (χ0n) is 12.0. The number of rotatable bonds is 6. The van der Waals surface area contributed by atoms with Gasteiger partial charge >= 0.3 is 0 Å². The van der Waals surface area contributed by atoms with Crippen molar-refractivity contribution in [3.05, 3.63) is 18.2 Å². The van der Waals surface area contributed by atoms with Crippen LogP contribution in [0.5, 0.6) is 5.75 Å². The van der Waals surface area contributed by atoms with Gasteiger partial charge in [-0.15, -0.1) is 0 Å². The second-order valence-corrected chi connectivity index (χ2v) is 5.24. The zero-order chi connectivity index (χ0) is 14.4. The molecule has 0 atom stereocenters. The van der Waals surface area contributed by atoms with Gasteiger partial charge < -0.3 is 25.6 Å². The van der Waals surface area contributed by atoms with Crippen molar-refractivity contribution in [2.24, 2.45) is 0 Å². The van der Waals surface area contributed by atoms with Crippen molar-refractivity contribution in [3.8, 4) is 5.75 Å². The summed E-state index contributed by atoms with van der Waals surface area (Å²) in [6.45, 7) is 4.07. The maximum absolute atomic E-state index is 9.71. The molecule has 0 spiro atoms.